The van der Waals surface area contributed by atoms with E-state index in [2.05, 4.69) is 5.32 Å². The lowest BCUT2D eigenvalue weighted by molar-refractivity contribution is -0.141. The number of rotatable bonds is 6. The molecule has 0 saturated heterocycles. The van der Waals surface area contributed by atoms with E-state index in [4.69, 9.17) is 11.6 Å². The Morgan fingerprint density at radius 2 is 1.73 bits per heavy atom. The molecule has 0 fully saturated rings. The molecule has 1 heterocycles. The summed E-state index contributed by atoms with van der Waals surface area (Å²) in [5, 5.41) is 13.9. The molecule has 4 rings (SSSR count). The molecule has 37 heavy (non-hydrogen) atoms. The van der Waals surface area contributed by atoms with Gasteiger partial charge >= 0.3 is 0 Å². The van der Waals surface area contributed by atoms with E-state index >= 15 is 0 Å². The SMILES string of the molecule is CC(C)C1(O)C(=O)N(Cc2c(F)cccc2Cl)c2cc(C(=O)NCc3c(F)cc(F)cc3F)cc(I)c21. The van der Waals surface area contributed by atoms with Crippen molar-refractivity contribution in [3.05, 3.63) is 96.6 Å². The van der Waals surface area contributed by atoms with E-state index in [0.29, 0.717) is 15.7 Å². The molecule has 11 heteroatoms. The van der Waals surface area contributed by atoms with Crippen LogP contribution in [0.5, 0.6) is 0 Å². The van der Waals surface area contributed by atoms with E-state index in [9.17, 15) is 32.3 Å². The van der Waals surface area contributed by atoms with E-state index in [0.717, 1.165) is 4.90 Å². The number of benzene rings is 3. The first-order valence-corrected chi connectivity index (χ1v) is 12.5. The first kappa shape index (κ1) is 27.3. The summed E-state index contributed by atoms with van der Waals surface area (Å²) in [6.45, 7) is 2.45. The van der Waals surface area contributed by atoms with Crippen molar-refractivity contribution < 1.29 is 32.3 Å². The molecule has 194 valence electrons. The zero-order chi connectivity index (χ0) is 27.2. The Labute approximate surface area is 228 Å². The van der Waals surface area contributed by atoms with Gasteiger partial charge in [-0.1, -0.05) is 31.5 Å². The second kappa shape index (κ2) is 10.2. The van der Waals surface area contributed by atoms with Crippen LogP contribution >= 0.6 is 34.2 Å². The summed E-state index contributed by atoms with van der Waals surface area (Å²) in [6.07, 6.45) is 0. The molecule has 0 bridgehead atoms. The van der Waals surface area contributed by atoms with Gasteiger partial charge < -0.3 is 15.3 Å². The summed E-state index contributed by atoms with van der Waals surface area (Å²) >= 11 is 8.05. The van der Waals surface area contributed by atoms with Crippen molar-refractivity contribution in [3.63, 3.8) is 0 Å². The molecule has 2 amide bonds. The molecule has 0 spiro atoms. The number of nitrogens with zero attached hydrogens (tertiary/aromatic N) is 1. The van der Waals surface area contributed by atoms with Crippen molar-refractivity contribution >= 4 is 51.7 Å². The summed E-state index contributed by atoms with van der Waals surface area (Å²) in [5.74, 6) is -6.05. The summed E-state index contributed by atoms with van der Waals surface area (Å²) in [4.78, 5) is 27.6. The van der Waals surface area contributed by atoms with Gasteiger partial charge in [0.25, 0.3) is 11.8 Å². The van der Waals surface area contributed by atoms with Crippen LogP contribution in [-0.4, -0.2) is 16.9 Å². The van der Waals surface area contributed by atoms with Crippen LogP contribution in [0.15, 0.2) is 42.5 Å². The van der Waals surface area contributed by atoms with Gasteiger partial charge in [-0.05, 0) is 52.8 Å². The van der Waals surface area contributed by atoms with E-state index in [1.165, 1.54) is 30.3 Å². The summed E-state index contributed by atoms with van der Waals surface area (Å²) in [6, 6.07) is 7.86. The predicted octanol–water partition coefficient (Wildman–Crippen LogP) is 5.82. The van der Waals surface area contributed by atoms with Gasteiger partial charge in [0.15, 0.2) is 5.60 Å². The number of fused-ring (bicyclic) bond motifs is 1. The maximum Gasteiger partial charge on any atom is 0.264 e. The van der Waals surface area contributed by atoms with Crippen LogP contribution < -0.4 is 10.2 Å². The average molecular weight is 647 g/mol. The van der Waals surface area contributed by atoms with Crippen molar-refractivity contribution in [2.75, 3.05) is 4.90 Å². The van der Waals surface area contributed by atoms with Crippen molar-refractivity contribution in [1.29, 1.82) is 0 Å². The maximum atomic E-state index is 14.6. The molecule has 1 aliphatic rings. The van der Waals surface area contributed by atoms with E-state index in [1.807, 2.05) is 22.6 Å². The largest absolute Gasteiger partial charge is 0.375 e. The lowest BCUT2D eigenvalue weighted by atomic mass is 9.84. The van der Waals surface area contributed by atoms with Gasteiger partial charge in [-0.2, -0.15) is 0 Å². The quantitative estimate of drug-likeness (QED) is 0.262. The highest BCUT2D eigenvalue weighted by Gasteiger charge is 2.53. The average Bonchev–Trinajstić information content (AvgIpc) is 3.03. The molecule has 1 unspecified atom stereocenters. The van der Waals surface area contributed by atoms with Crippen LogP contribution in [0, 0.1) is 32.8 Å². The minimum atomic E-state index is -1.95. The molecule has 3 aromatic rings. The second-order valence-corrected chi connectivity index (χ2v) is 10.5. The van der Waals surface area contributed by atoms with Gasteiger partial charge in [-0.3, -0.25) is 9.59 Å². The summed E-state index contributed by atoms with van der Waals surface area (Å²) < 4.78 is 56.1. The normalized spacial score (nSPS) is 16.9. The third kappa shape index (κ3) is 4.82. The van der Waals surface area contributed by atoms with E-state index < -0.39 is 58.7 Å². The first-order valence-electron chi connectivity index (χ1n) is 11.1. The van der Waals surface area contributed by atoms with Crippen molar-refractivity contribution in [1.82, 2.24) is 5.32 Å². The molecular formula is C26H20ClF4IN2O3. The predicted molar refractivity (Wildman–Crippen MR) is 138 cm³/mol. The van der Waals surface area contributed by atoms with Crippen LogP contribution in [0.4, 0.5) is 23.2 Å². The number of amides is 2. The topological polar surface area (TPSA) is 69.6 Å². The van der Waals surface area contributed by atoms with Crippen LogP contribution in [0.25, 0.3) is 0 Å². The van der Waals surface area contributed by atoms with Crippen LogP contribution in [0.3, 0.4) is 0 Å². The van der Waals surface area contributed by atoms with Gasteiger partial charge in [-0.25, -0.2) is 17.6 Å². The number of aliphatic hydroxyl groups is 1. The Hall–Kier alpha value is -2.70. The lowest BCUT2D eigenvalue weighted by Gasteiger charge is -2.27. The van der Waals surface area contributed by atoms with Crippen molar-refractivity contribution in [2.24, 2.45) is 5.92 Å². The van der Waals surface area contributed by atoms with Crippen molar-refractivity contribution in [3.8, 4) is 0 Å². The number of hydrogen-bond acceptors (Lipinski definition) is 3. The molecular weight excluding hydrogens is 627 g/mol. The number of carbonyl (C=O) groups excluding carboxylic acids is 2. The third-order valence-corrected chi connectivity index (χ3v) is 7.52. The van der Waals surface area contributed by atoms with E-state index in [1.54, 1.807) is 13.8 Å². The minimum absolute atomic E-state index is 0.0246. The monoisotopic (exact) mass is 646 g/mol. The van der Waals surface area contributed by atoms with Gasteiger partial charge in [0.05, 0.1) is 12.2 Å². The first-order chi connectivity index (χ1) is 17.4. The number of nitrogens with one attached hydrogen (secondary N) is 1. The lowest BCUT2D eigenvalue weighted by Crippen LogP contribution is -2.44. The molecule has 5 nitrogen and oxygen atoms in total. The highest BCUT2D eigenvalue weighted by molar-refractivity contribution is 14.1. The van der Waals surface area contributed by atoms with Gasteiger partial charge in [-0.15, -0.1) is 0 Å². The standard InChI is InChI=1S/C26H20ClF4IN2O3/c1-12(2)26(37)23-21(32)6-13(24(35)33-10-15-19(30)8-14(28)9-20(15)31)7-22(23)34(25(26)36)11-16-17(27)4-3-5-18(16)29/h3-9,12,37H,10-11H2,1-2H3,(H,33,35). The van der Waals surface area contributed by atoms with Crippen LogP contribution in [-0.2, 0) is 23.5 Å². The van der Waals surface area contributed by atoms with Crippen molar-refractivity contribution in [2.45, 2.75) is 32.5 Å². The third-order valence-electron chi connectivity index (χ3n) is 6.32. The molecule has 3 aromatic carbocycles. The summed E-state index contributed by atoms with van der Waals surface area (Å²) in [7, 11) is 0. The fourth-order valence-corrected chi connectivity index (χ4v) is 5.53. The van der Waals surface area contributed by atoms with E-state index in [-0.39, 0.29) is 33.9 Å². The number of carbonyl (C=O) groups is 2. The molecule has 2 N–H and O–H groups in total. The Morgan fingerprint density at radius 1 is 1.08 bits per heavy atom. The Morgan fingerprint density at radius 3 is 2.32 bits per heavy atom. The molecule has 0 saturated carbocycles. The number of anilines is 1. The van der Waals surface area contributed by atoms with Crippen LogP contribution in [0.1, 0.15) is 40.9 Å². The van der Waals surface area contributed by atoms with Crippen LogP contribution in [0.2, 0.25) is 5.02 Å². The highest BCUT2D eigenvalue weighted by Crippen LogP contribution is 2.48. The highest BCUT2D eigenvalue weighted by atomic mass is 127. The number of halogens is 6. The minimum Gasteiger partial charge on any atom is -0.375 e. The van der Waals surface area contributed by atoms with Gasteiger partial charge in [0, 0.05) is 49.5 Å². The fraction of sp³-hybridized carbons (Fsp3) is 0.231. The molecule has 1 atom stereocenters. The Bertz CT molecular complexity index is 1390. The Kier molecular flexibility index (Phi) is 7.55. The molecule has 1 aliphatic heterocycles. The fourth-order valence-electron chi connectivity index (χ4n) is 4.28. The summed E-state index contributed by atoms with van der Waals surface area (Å²) in [5.41, 5.74) is -1.98. The molecule has 0 aromatic heterocycles. The number of hydrogen-bond donors (Lipinski definition) is 2. The zero-order valence-corrected chi connectivity index (χ0v) is 22.4. The second-order valence-electron chi connectivity index (χ2n) is 8.90. The van der Waals surface area contributed by atoms with Gasteiger partial charge in [0.1, 0.15) is 23.3 Å². The zero-order valence-electron chi connectivity index (χ0n) is 19.5. The maximum absolute atomic E-state index is 14.6. The molecule has 0 radical (unpaired) electrons. The molecule has 0 aliphatic carbocycles. The smallest absolute Gasteiger partial charge is 0.264 e. The Balaban J connectivity index is 1.73. The van der Waals surface area contributed by atoms with Gasteiger partial charge in [0.2, 0.25) is 0 Å².